The lowest BCUT2D eigenvalue weighted by Gasteiger charge is -2.28. The summed E-state index contributed by atoms with van der Waals surface area (Å²) in [5.74, 6) is -1.58. The molecule has 0 radical (unpaired) electrons. The second kappa shape index (κ2) is 11.0. The lowest BCUT2D eigenvalue weighted by atomic mass is 9.92. The molecule has 1 aliphatic rings. The summed E-state index contributed by atoms with van der Waals surface area (Å²) in [5.41, 5.74) is 3.17. The summed E-state index contributed by atoms with van der Waals surface area (Å²) in [6.45, 7) is 3.04. The first-order valence-corrected chi connectivity index (χ1v) is 10.8. The summed E-state index contributed by atoms with van der Waals surface area (Å²) in [4.78, 5) is 27.0. The van der Waals surface area contributed by atoms with Crippen molar-refractivity contribution >= 4 is 11.8 Å². The molecule has 1 atom stereocenters. The molecule has 0 fully saturated rings. The molecule has 1 heterocycles. The molecule has 0 saturated heterocycles. The molecule has 31 heavy (non-hydrogen) atoms. The van der Waals surface area contributed by atoms with Crippen molar-refractivity contribution in [2.45, 2.75) is 38.6 Å². The van der Waals surface area contributed by atoms with Crippen LogP contribution in [0.25, 0.3) is 0 Å². The normalized spacial score (nSPS) is 14.5. The topological polar surface area (TPSA) is 76.1 Å². The molecular formula is C25H31NO5. The molecule has 1 unspecified atom stereocenters. The minimum atomic E-state index is -1.08. The molecule has 1 N–H and O–H groups in total. The number of fused-ring (bicyclic) bond motifs is 1. The molecule has 0 aliphatic carbocycles. The number of carboxylic acids is 1. The second-order valence-corrected chi connectivity index (χ2v) is 7.97. The first kappa shape index (κ1) is 22.8. The Morgan fingerprint density at radius 1 is 1.00 bits per heavy atom. The van der Waals surface area contributed by atoms with E-state index in [1.807, 2.05) is 0 Å². The molecule has 0 spiro atoms. The minimum absolute atomic E-state index is 0.331. The van der Waals surface area contributed by atoms with E-state index in [1.54, 1.807) is 18.2 Å². The number of carbonyl (C=O) groups is 2. The van der Waals surface area contributed by atoms with Crippen molar-refractivity contribution in [1.82, 2.24) is 4.90 Å². The summed E-state index contributed by atoms with van der Waals surface area (Å²) < 4.78 is 10.4. The van der Waals surface area contributed by atoms with Crippen molar-refractivity contribution < 1.29 is 24.2 Å². The summed E-state index contributed by atoms with van der Waals surface area (Å²) in [6, 6.07) is 13.3. The zero-order valence-electron chi connectivity index (χ0n) is 18.3. The summed E-state index contributed by atoms with van der Waals surface area (Å²) in [5, 5.41) is 9.60. The number of unbranched alkanes of at least 4 members (excludes halogenated alkanes) is 2. The van der Waals surface area contributed by atoms with E-state index in [1.165, 1.54) is 25.3 Å². The molecule has 2 aromatic carbocycles. The van der Waals surface area contributed by atoms with Crippen molar-refractivity contribution in [3.8, 4) is 11.5 Å². The molecule has 0 saturated carbocycles. The maximum absolute atomic E-state index is 12.8. The molecule has 3 rings (SSSR count). The molecule has 166 valence electrons. The number of benzene rings is 2. The Morgan fingerprint density at radius 2 is 1.74 bits per heavy atom. The highest BCUT2D eigenvalue weighted by molar-refractivity contribution is 6.08. The highest BCUT2D eigenvalue weighted by Crippen LogP contribution is 2.29. The van der Waals surface area contributed by atoms with Crippen LogP contribution in [0.4, 0.5) is 0 Å². The van der Waals surface area contributed by atoms with Gasteiger partial charge in [-0.15, -0.1) is 0 Å². The number of hydrogen-bond donors (Lipinski definition) is 1. The first-order chi connectivity index (χ1) is 15.0. The SMILES string of the molecule is COc1ccc(C(=O)C(CCCCCN2CCc3ccccc3C2)C(=O)O)cc1OC. The van der Waals surface area contributed by atoms with Crippen LogP contribution >= 0.6 is 0 Å². The minimum Gasteiger partial charge on any atom is -0.493 e. The third-order valence-corrected chi connectivity index (χ3v) is 5.96. The third-order valence-electron chi connectivity index (χ3n) is 5.96. The molecule has 6 heteroatoms. The van der Waals surface area contributed by atoms with Gasteiger partial charge < -0.3 is 14.6 Å². The maximum Gasteiger partial charge on any atom is 0.314 e. The fourth-order valence-electron chi connectivity index (χ4n) is 4.16. The summed E-state index contributed by atoms with van der Waals surface area (Å²) in [6.07, 6.45) is 4.03. The average Bonchev–Trinajstić information content (AvgIpc) is 2.80. The number of rotatable bonds is 11. The molecule has 0 aromatic heterocycles. The van der Waals surface area contributed by atoms with Crippen LogP contribution in [0.1, 0.15) is 47.2 Å². The lowest BCUT2D eigenvalue weighted by Crippen LogP contribution is -2.31. The van der Waals surface area contributed by atoms with Crippen molar-refractivity contribution in [3.63, 3.8) is 0 Å². The van der Waals surface area contributed by atoms with Gasteiger partial charge in [-0.3, -0.25) is 14.5 Å². The number of ether oxygens (including phenoxy) is 2. The van der Waals surface area contributed by atoms with Gasteiger partial charge in [-0.1, -0.05) is 37.1 Å². The van der Waals surface area contributed by atoms with Crippen LogP contribution in [0.3, 0.4) is 0 Å². The van der Waals surface area contributed by atoms with Crippen LogP contribution in [0.15, 0.2) is 42.5 Å². The number of carboxylic acid groups (broad SMARTS) is 1. The number of Topliss-reactive ketones (excluding diaryl/α,β-unsaturated/α-hetero) is 1. The zero-order chi connectivity index (χ0) is 22.2. The van der Waals surface area contributed by atoms with Gasteiger partial charge in [0.05, 0.1) is 14.2 Å². The van der Waals surface area contributed by atoms with E-state index < -0.39 is 11.9 Å². The van der Waals surface area contributed by atoms with Crippen LogP contribution in [-0.4, -0.2) is 49.1 Å². The Kier molecular flexibility index (Phi) is 8.06. The number of nitrogens with zero attached hydrogens (tertiary/aromatic N) is 1. The van der Waals surface area contributed by atoms with Gasteiger partial charge in [-0.05, 0) is 55.1 Å². The van der Waals surface area contributed by atoms with E-state index in [0.717, 1.165) is 38.9 Å². The van der Waals surface area contributed by atoms with Crippen LogP contribution in [0, 0.1) is 5.92 Å². The van der Waals surface area contributed by atoms with E-state index >= 15 is 0 Å². The van der Waals surface area contributed by atoms with Crippen LogP contribution in [0.2, 0.25) is 0 Å². The van der Waals surface area contributed by atoms with E-state index in [4.69, 9.17) is 9.47 Å². The van der Waals surface area contributed by atoms with Crippen LogP contribution in [-0.2, 0) is 17.8 Å². The summed E-state index contributed by atoms with van der Waals surface area (Å²) in [7, 11) is 3.00. The van der Waals surface area contributed by atoms with Crippen LogP contribution < -0.4 is 9.47 Å². The highest BCUT2D eigenvalue weighted by Gasteiger charge is 2.27. The standard InChI is InChI=1S/C25H31NO5/c1-30-22-12-11-19(16-23(22)31-2)24(27)21(25(28)29)10-4-3-7-14-26-15-13-18-8-5-6-9-20(18)17-26/h5-6,8-9,11-12,16,21H,3-4,7,10,13-15,17H2,1-2H3,(H,28,29). The fourth-order valence-corrected chi connectivity index (χ4v) is 4.16. The monoisotopic (exact) mass is 425 g/mol. The smallest absolute Gasteiger partial charge is 0.314 e. The van der Waals surface area contributed by atoms with Crippen LogP contribution in [0.5, 0.6) is 11.5 Å². The average molecular weight is 426 g/mol. The predicted octanol–water partition coefficient (Wildman–Crippen LogP) is 4.21. The quantitative estimate of drug-likeness (QED) is 0.330. The molecule has 6 nitrogen and oxygen atoms in total. The molecular weight excluding hydrogens is 394 g/mol. The van der Waals surface area contributed by atoms with Gasteiger partial charge in [0, 0.05) is 18.7 Å². The Bertz CT molecular complexity index is 911. The van der Waals surface area contributed by atoms with Crippen molar-refractivity contribution in [3.05, 3.63) is 59.2 Å². The van der Waals surface area contributed by atoms with E-state index in [-0.39, 0.29) is 5.78 Å². The van der Waals surface area contributed by atoms with Gasteiger partial charge >= 0.3 is 5.97 Å². The Morgan fingerprint density at radius 3 is 2.45 bits per heavy atom. The number of aliphatic carboxylic acids is 1. The zero-order valence-corrected chi connectivity index (χ0v) is 18.3. The number of carbonyl (C=O) groups excluding carboxylic acids is 1. The molecule has 0 bridgehead atoms. The molecule has 1 aliphatic heterocycles. The van der Waals surface area contributed by atoms with Gasteiger partial charge in [-0.25, -0.2) is 0 Å². The van der Waals surface area contributed by atoms with Crippen molar-refractivity contribution in [1.29, 1.82) is 0 Å². The van der Waals surface area contributed by atoms with E-state index in [0.29, 0.717) is 29.9 Å². The van der Waals surface area contributed by atoms with E-state index in [2.05, 4.69) is 29.2 Å². The Labute approximate surface area is 183 Å². The third kappa shape index (κ3) is 5.85. The largest absolute Gasteiger partial charge is 0.493 e. The molecule has 2 aromatic rings. The lowest BCUT2D eigenvalue weighted by molar-refractivity contribution is -0.140. The Balaban J connectivity index is 1.48. The van der Waals surface area contributed by atoms with Gasteiger partial charge in [0.1, 0.15) is 5.92 Å². The summed E-state index contributed by atoms with van der Waals surface area (Å²) >= 11 is 0. The molecule has 0 amide bonds. The van der Waals surface area contributed by atoms with Gasteiger partial charge in [-0.2, -0.15) is 0 Å². The fraction of sp³-hybridized carbons (Fsp3) is 0.440. The Hall–Kier alpha value is -2.86. The van der Waals surface area contributed by atoms with E-state index in [9.17, 15) is 14.7 Å². The predicted molar refractivity (Wildman–Crippen MR) is 119 cm³/mol. The first-order valence-electron chi connectivity index (χ1n) is 10.8. The number of methoxy groups -OCH3 is 2. The number of ketones is 1. The number of hydrogen-bond acceptors (Lipinski definition) is 5. The highest BCUT2D eigenvalue weighted by atomic mass is 16.5. The van der Waals surface area contributed by atoms with Crippen molar-refractivity contribution in [2.75, 3.05) is 27.3 Å². The van der Waals surface area contributed by atoms with Gasteiger partial charge in [0.25, 0.3) is 0 Å². The second-order valence-electron chi connectivity index (χ2n) is 7.97. The maximum atomic E-state index is 12.8. The van der Waals surface area contributed by atoms with Crippen molar-refractivity contribution in [2.24, 2.45) is 5.92 Å². The van der Waals surface area contributed by atoms with Gasteiger partial charge in [0.2, 0.25) is 0 Å². The van der Waals surface area contributed by atoms with Gasteiger partial charge in [0.15, 0.2) is 17.3 Å².